The SMILES string of the molecule is CC.C[C@@H]1C(CO)=Cc2ccccc2N1S(C)(=O)=O. The van der Waals surface area contributed by atoms with Crippen molar-refractivity contribution in [2.24, 2.45) is 0 Å². The summed E-state index contributed by atoms with van der Waals surface area (Å²) < 4.78 is 25.0. The molecule has 0 amide bonds. The van der Waals surface area contributed by atoms with Crippen LogP contribution in [0.3, 0.4) is 0 Å². The van der Waals surface area contributed by atoms with Crippen molar-refractivity contribution in [1.82, 2.24) is 0 Å². The van der Waals surface area contributed by atoms with Crippen LogP contribution >= 0.6 is 0 Å². The van der Waals surface area contributed by atoms with E-state index in [-0.39, 0.29) is 12.6 Å². The Balaban J connectivity index is 0.000000861. The molecule has 106 valence electrons. The molecule has 1 aliphatic rings. The Hall–Kier alpha value is -1.33. The summed E-state index contributed by atoms with van der Waals surface area (Å²) in [6.07, 6.45) is 3.03. The van der Waals surface area contributed by atoms with Gasteiger partial charge in [-0.15, -0.1) is 0 Å². The van der Waals surface area contributed by atoms with E-state index in [0.717, 1.165) is 5.56 Å². The van der Waals surface area contributed by atoms with Crippen LogP contribution in [0.15, 0.2) is 29.8 Å². The van der Waals surface area contributed by atoms with Crippen LogP contribution in [-0.4, -0.2) is 32.4 Å². The molecule has 0 aromatic heterocycles. The first kappa shape index (κ1) is 15.7. The summed E-state index contributed by atoms with van der Waals surface area (Å²) in [5.74, 6) is 0. The Morgan fingerprint density at radius 1 is 1.26 bits per heavy atom. The molecule has 2 rings (SSSR count). The normalized spacial score (nSPS) is 18.1. The molecule has 0 fully saturated rings. The molecule has 1 aromatic rings. The Morgan fingerprint density at radius 2 is 1.84 bits per heavy atom. The summed E-state index contributed by atoms with van der Waals surface area (Å²) in [5, 5.41) is 9.28. The van der Waals surface area contributed by atoms with Gasteiger partial charge in [0, 0.05) is 0 Å². The van der Waals surface area contributed by atoms with E-state index in [0.29, 0.717) is 11.3 Å². The van der Waals surface area contributed by atoms with Gasteiger partial charge in [0.15, 0.2) is 0 Å². The molecule has 19 heavy (non-hydrogen) atoms. The van der Waals surface area contributed by atoms with E-state index in [2.05, 4.69) is 0 Å². The number of rotatable bonds is 2. The van der Waals surface area contributed by atoms with Crippen LogP contribution in [0.5, 0.6) is 0 Å². The van der Waals surface area contributed by atoms with E-state index in [9.17, 15) is 13.5 Å². The Labute approximate surface area is 115 Å². The van der Waals surface area contributed by atoms with Crippen molar-refractivity contribution in [3.8, 4) is 0 Å². The highest BCUT2D eigenvalue weighted by atomic mass is 32.2. The van der Waals surface area contributed by atoms with E-state index in [4.69, 9.17) is 0 Å². The van der Waals surface area contributed by atoms with Gasteiger partial charge in [-0.3, -0.25) is 4.31 Å². The molecule has 5 heteroatoms. The highest BCUT2D eigenvalue weighted by Crippen LogP contribution is 2.33. The van der Waals surface area contributed by atoms with Crippen LogP contribution in [0.25, 0.3) is 6.08 Å². The first-order valence-corrected chi connectivity index (χ1v) is 8.19. The number of aliphatic hydroxyl groups is 1. The summed E-state index contributed by atoms with van der Waals surface area (Å²) in [6, 6.07) is 6.93. The minimum Gasteiger partial charge on any atom is -0.392 e. The lowest BCUT2D eigenvalue weighted by Crippen LogP contribution is -2.41. The van der Waals surface area contributed by atoms with Gasteiger partial charge in [0.25, 0.3) is 0 Å². The van der Waals surface area contributed by atoms with Crippen LogP contribution in [0.2, 0.25) is 0 Å². The van der Waals surface area contributed by atoms with Crippen molar-refractivity contribution in [2.75, 3.05) is 17.2 Å². The monoisotopic (exact) mass is 283 g/mol. The van der Waals surface area contributed by atoms with Crippen molar-refractivity contribution in [2.45, 2.75) is 26.8 Å². The van der Waals surface area contributed by atoms with Crippen molar-refractivity contribution in [1.29, 1.82) is 0 Å². The van der Waals surface area contributed by atoms with Crippen molar-refractivity contribution in [3.63, 3.8) is 0 Å². The lowest BCUT2D eigenvalue weighted by Gasteiger charge is -2.34. The number of hydrogen-bond acceptors (Lipinski definition) is 3. The lowest BCUT2D eigenvalue weighted by molar-refractivity contribution is 0.325. The fraction of sp³-hybridized carbons (Fsp3) is 0.429. The zero-order chi connectivity index (χ0) is 14.6. The average Bonchev–Trinajstić information content (AvgIpc) is 2.38. The number of fused-ring (bicyclic) bond motifs is 1. The maximum Gasteiger partial charge on any atom is 0.232 e. The number of anilines is 1. The standard InChI is InChI=1S/C12H15NO3S.C2H6/c1-9-11(8-14)7-10-5-3-4-6-12(10)13(9)17(2,15)16;1-2/h3-7,9,14H,8H2,1-2H3;1-2H3/t9-;/m1./s1. The van der Waals surface area contributed by atoms with Gasteiger partial charge >= 0.3 is 0 Å². The van der Waals surface area contributed by atoms with Gasteiger partial charge in [-0.25, -0.2) is 8.42 Å². The molecular weight excluding hydrogens is 262 g/mol. The molecule has 0 saturated carbocycles. The Morgan fingerprint density at radius 3 is 2.37 bits per heavy atom. The largest absolute Gasteiger partial charge is 0.392 e. The first-order valence-electron chi connectivity index (χ1n) is 6.35. The smallest absolute Gasteiger partial charge is 0.232 e. The van der Waals surface area contributed by atoms with Gasteiger partial charge in [-0.1, -0.05) is 32.0 Å². The molecule has 0 saturated heterocycles. The van der Waals surface area contributed by atoms with Crippen molar-refractivity contribution >= 4 is 21.8 Å². The second kappa shape index (κ2) is 6.21. The fourth-order valence-electron chi connectivity index (χ4n) is 2.13. The maximum atomic E-state index is 11.8. The van der Waals surface area contributed by atoms with Crippen molar-refractivity contribution < 1.29 is 13.5 Å². The molecule has 1 aromatic carbocycles. The van der Waals surface area contributed by atoms with Crippen LogP contribution in [0.1, 0.15) is 26.3 Å². The molecule has 0 radical (unpaired) electrons. The number of para-hydroxylation sites is 1. The lowest BCUT2D eigenvalue weighted by atomic mass is 9.99. The molecule has 0 aliphatic carbocycles. The van der Waals surface area contributed by atoms with E-state index < -0.39 is 10.0 Å². The summed E-state index contributed by atoms with van der Waals surface area (Å²) in [7, 11) is -3.35. The molecule has 1 aliphatic heterocycles. The number of hydrogen-bond donors (Lipinski definition) is 1. The van der Waals surface area contributed by atoms with Crippen LogP contribution < -0.4 is 4.31 Å². The predicted octanol–water partition coefficient (Wildman–Crippen LogP) is 2.26. The molecular formula is C14H21NO3S. The van der Waals surface area contributed by atoms with E-state index >= 15 is 0 Å². The molecule has 0 spiro atoms. The minimum atomic E-state index is -3.35. The Bertz CT molecular complexity index is 564. The summed E-state index contributed by atoms with van der Waals surface area (Å²) >= 11 is 0. The predicted molar refractivity (Wildman–Crippen MR) is 79.6 cm³/mol. The summed E-state index contributed by atoms with van der Waals surface area (Å²) in [6.45, 7) is 5.64. The molecule has 1 atom stereocenters. The molecule has 1 N–H and O–H groups in total. The third kappa shape index (κ3) is 3.16. The van der Waals surface area contributed by atoms with Crippen LogP contribution in [0.4, 0.5) is 5.69 Å². The topological polar surface area (TPSA) is 57.6 Å². The Kier molecular flexibility index (Phi) is 5.14. The number of sulfonamides is 1. The van der Waals surface area contributed by atoms with Gasteiger partial charge in [0.2, 0.25) is 10.0 Å². The molecule has 0 unspecified atom stereocenters. The van der Waals surface area contributed by atoms with Crippen molar-refractivity contribution in [3.05, 3.63) is 35.4 Å². The quantitative estimate of drug-likeness (QED) is 0.905. The fourth-order valence-corrected chi connectivity index (χ4v) is 3.37. The second-order valence-electron chi connectivity index (χ2n) is 4.17. The molecule has 1 heterocycles. The summed E-state index contributed by atoms with van der Waals surface area (Å²) in [4.78, 5) is 0. The minimum absolute atomic E-state index is 0.137. The van der Waals surface area contributed by atoms with Crippen LogP contribution in [0, 0.1) is 0 Å². The average molecular weight is 283 g/mol. The second-order valence-corrected chi connectivity index (χ2v) is 6.03. The summed E-state index contributed by atoms with van der Waals surface area (Å²) in [5.41, 5.74) is 2.19. The highest BCUT2D eigenvalue weighted by molar-refractivity contribution is 7.92. The van der Waals surface area contributed by atoms with Gasteiger partial charge in [0.1, 0.15) is 0 Å². The third-order valence-electron chi connectivity index (χ3n) is 2.94. The van der Waals surface area contributed by atoms with Gasteiger partial charge in [0.05, 0.1) is 24.6 Å². The van der Waals surface area contributed by atoms with Gasteiger partial charge in [-0.2, -0.15) is 0 Å². The van der Waals surface area contributed by atoms with E-state index in [1.807, 2.05) is 38.1 Å². The highest BCUT2D eigenvalue weighted by Gasteiger charge is 2.30. The molecule has 4 nitrogen and oxygen atoms in total. The van der Waals surface area contributed by atoms with E-state index in [1.165, 1.54) is 10.6 Å². The third-order valence-corrected chi connectivity index (χ3v) is 4.17. The maximum absolute atomic E-state index is 11.8. The number of aliphatic hydroxyl groups excluding tert-OH is 1. The number of nitrogens with zero attached hydrogens (tertiary/aromatic N) is 1. The van der Waals surface area contributed by atoms with E-state index in [1.54, 1.807) is 13.0 Å². The number of benzene rings is 1. The molecule has 0 bridgehead atoms. The zero-order valence-electron chi connectivity index (χ0n) is 11.8. The van der Waals surface area contributed by atoms with Crippen LogP contribution in [-0.2, 0) is 10.0 Å². The van der Waals surface area contributed by atoms with Gasteiger partial charge < -0.3 is 5.11 Å². The van der Waals surface area contributed by atoms with Gasteiger partial charge in [-0.05, 0) is 30.2 Å². The zero-order valence-corrected chi connectivity index (χ0v) is 12.6. The first-order chi connectivity index (χ1) is 8.95.